The molecule has 0 fully saturated rings. The fourth-order valence-electron chi connectivity index (χ4n) is 0. The third kappa shape index (κ3) is 1130. The van der Waals surface area contributed by atoms with Crippen LogP contribution in [0.4, 0.5) is 0 Å². The van der Waals surface area contributed by atoms with Gasteiger partial charge in [-0.05, 0) is 0 Å². The molecule has 0 aliphatic rings. The molecule has 0 rings (SSSR count). The normalized spacial score (nSPS) is 10.2. The average molecular weight is 745 g/mol. The summed E-state index contributed by atoms with van der Waals surface area (Å²) in [5, 5.41) is 0. The fraction of sp³-hybridized carbons (Fsp3) is 0. The SMILES string of the molecule is [Bi+3].[Fe+3].[O]=[Mo](=[O])([O-])[O-].[O]=[Mo](=[O])([O-])[O-].[O]=[Mo](=[O])([O-])[O-]. The first-order valence-corrected chi connectivity index (χ1v) is 11.8. The van der Waals surface area contributed by atoms with Gasteiger partial charge in [-0.1, -0.05) is 0 Å². The molecule has 3 radical (unpaired) electrons. The van der Waals surface area contributed by atoms with E-state index in [0.717, 1.165) is 0 Å². The van der Waals surface area contributed by atoms with Gasteiger partial charge in [0.15, 0.2) is 0 Å². The molecular weight excluding hydrogens is 745 g/mol. The molecule has 0 bridgehead atoms. The van der Waals surface area contributed by atoms with Gasteiger partial charge in [-0.15, -0.1) is 0 Å². The maximum atomic E-state index is 8.63. The molecule has 0 heterocycles. The summed E-state index contributed by atoms with van der Waals surface area (Å²) in [5.41, 5.74) is 0. The van der Waals surface area contributed by atoms with Gasteiger partial charge in [-0.3, -0.25) is 0 Å². The summed E-state index contributed by atoms with van der Waals surface area (Å²) in [7, 11) is 0. The zero-order chi connectivity index (χ0) is 13.5. The molecule has 0 amide bonds. The average Bonchev–Trinajstić information content (AvgIpc) is 1.41. The third-order valence-corrected chi connectivity index (χ3v) is 0. The molecule has 0 aliphatic heterocycles. The summed E-state index contributed by atoms with van der Waals surface area (Å²) in [6.07, 6.45) is 0. The molecule has 0 aromatic rings. The predicted octanol–water partition coefficient (Wildman–Crippen LogP) is -8.24. The van der Waals surface area contributed by atoms with Crippen LogP contribution in [-0.4, -0.2) is 26.2 Å². The molecule has 0 spiro atoms. The Labute approximate surface area is 134 Å². The molecular formula is BiFeMo3O12. The molecule has 0 N–H and O–H groups in total. The van der Waals surface area contributed by atoms with Crippen LogP contribution in [0.2, 0.25) is 0 Å². The zero-order valence-electron chi connectivity index (χ0n) is 6.92. The van der Waals surface area contributed by atoms with E-state index in [4.69, 9.17) is 42.9 Å². The Balaban J connectivity index is -0.0000000400. The molecule has 0 aromatic carbocycles. The summed E-state index contributed by atoms with van der Waals surface area (Å²) in [6.45, 7) is 0. The van der Waals surface area contributed by atoms with Gasteiger partial charge in [0.05, 0.1) is 0 Å². The molecule has 17 heavy (non-hydrogen) atoms. The van der Waals surface area contributed by atoms with Gasteiger partial charge in [-0.2, -0.15) is 0 Å². The predicted molar refractivity (Wildman–Crippen MR) is 9.87 cm³/mol. The second-order valence-electron chi connectivity index (χ2n) is 1.22. The van der Waals surface area contributed by atoms with Gasteiger partial charge in [0, 0.05) is 0 Å². The molecule has 17 heteroatoms. The van der Waals surface area contributed by atoms with Crippen molar-refractivity contribution in [2.75, 3.05) is 0 Å². The van der Waals surface area contributed by atoms with Crippen molar-refractivity contribution in [2.45, 2.75) is 0 Å². The fourth-order valence-corrected chi connectivity index (χ4v) is 0. The first-order chi connectivity index (χ1) is 6.00. The van der Waals surface area contributed by atoms with Crippen molar-refractivity contribution in [3.05, 3.63) is 0 Å². The van der Waals surface area contributed by atoms with Crippen LogP contribution in [0, 0.1) is 0 Å². The van der Waals surface area contributed by atoms with Crippen LogP contribution < -0.4 is 22.6 Å². The van der Waals surface area contributed by atoms with E-state index in [0.29, 0.717) is 0 Å². The van der Waals surface area contributed by atoms with Crippen LogP contribution in [0.15, 0.2) is 0 Å². The Hall–Kier alpha value is 2.03. The van der Waals surface area contributed by atoms with E-state index >= 15 is 0 Å². The van der Waals surface area contributed by atoms with E-state index in [1.54, 1.807) is 0 Å². The molecule has 12 nitrogen and oxygen atoms in total. The third-order valence-electron chi connectivity index (χ3n) is 0. The molecule has 103 valence electrons. The second-order valence-corrected chi connectivity index (χ2v) is 7.25. The Morgan fingerprint density at radius 2 is 0.471 bits per heavy atom. The zero-order valence-corrected chi connectivity index (χ0v) is 17.5. The summed E-state index contributed by atoms with van der Waals surface area (Å²) >= 11 is -18.1. The number of hydrogen-bond acceptors (Lipinski definition) is 12. The first-order valence-electron chi connectivity index (χ1n) is 2.00. The Kier molecular flexibility index (Phi) is 24.1. The first kappa shape index (κ1) is 31.4. The minimum atomic E-state index is -6.02. The quantitative estimate of drug-likeness (QED) is 0.210. The Morgan fingerprint density at radius 1 is 0.471 bits per heavy atom. The van der Waals surface area contributed by atoms with Crippen LogP contribution in [0.1, 0.15) is 0 Å². The van der Waals surface area contributed by atoms with Gasteiger partial charge in [0.2, 0.25) is 0 Å². The van der Waals surface area contributed by atoms with Crippen LogP contribution >= 0.6 is 0 Å². The molecule has 0 atom stereocenters. The monoisotopic (exact) mass is 751 g/mol. The van der Waals surface area contributed by atoms with Gasteiger partial charge in [0.1, 0.15) is 0 Å². The van der Waals surface area contributed by atoms with Crippen LogP contribution in [0.3, 0.4) is 0 Å². The van der Waals surface area contributed by atoms with Crippen LogP contribution in [0.25, 0.3) is 0 Å². The summed E-state index contributed by atoms with van der Waals surface area (Å²) in [4.78, 5) is 0. The van der Waals surface area contributed by atoms with Gasteiger partial charge < -0.3 is 0 Å². The maximum absolute atomic E-state index is 8.63. The van der Waals surface area contributed by atoms with E-state index in [9.17, 15) is 0 Å². The number of rotatable bonds is 0. The molecule has 0 aliphatic carbocycles. The molecule has 0 aromatic heterocycles. The van der Waals surface area contributed by atoms with Gasteiger partial charge in [0.25, 0.3) is 0 Å². The van der Waals surface area contributed by atoms with E-state index in [2.05, 4.69) is 0 Å². The van der Waals surface area contributed by atoms with Crippen molar-refractivity contribution in [1.29, 1.82) is 0 Å². The van der Waals surface area contributed by atoms with Crippen molar-refractivity contribution in [1.82, 2.24) is 0 Å². The Bertz CT molecular complexity index is 343. The summed E-state index contributed by atoms with van der Waals surface area (Å²) in [5.74, 6) is 0. The van der Waals surface area contributed by atoms with Crippen molar-refractivity contribution < 1.29 is 110 Å². The van der Waals surface area contributed by atoms with Gasteiger partial charge in [-0.25, -0.2) is 0 Å². The van der Waals surface area contributed by atoms with Crippen LogP contribution in [0.5, 0.6) is 0 Å². The number of hydrogen-bond donors (Lipinski definition) is 0. The van der Waals surface area contributed by atoms with Crippen molar-refractivity contribution in [2.24, 2.45) is 0 Å². The molecule has 0 saturated carbocycles. The van der Waals surface area contributed by atoms with Crippen molar-refractivity contribution in [3.63, 3.8) is 0 Å². The van der Waals surface area contributed by atoms with Crippen LogP contribution in [-0.2, 0) is 87.7 Å². The van der Waals surface area contributed by atoms with Crippen molar-refractivity contribution in [3.8, 4) is 0 Å². The summed E-state index contributed by atoms with van der Waals surface area (Å²) in [6, 6.07) is 0. The minimum absolute atomic E-state index is 0. The molecule has 0 saturated heterocycles. The van der Waals surface area contributed by atoms with Gasteiger partial charge >= 0.3 is 136 Å². The molecule has 0 unspecified atom stereocenters. The van der Waals surface area contributed by atoms with E-state index in [-0.39, 0.29) is 43.3 Å². The van der Waals surface area contributed by atoms with E-state index in [1.807, 2.05) is 0 Å². The van der Waals surface area contributed by atoms with E-state index < -0.39 is 50.2 Å². The van der Waals surface area contributed by atoms with Crippen molar-refractivity contribution >= 4 is 26.2 Å². The summed E-state index contributed by atoms with van der Waals surface area (Å²) < 4.78 is 104. The Morgan fingerprint density at radius 3 is 0.471 bits per heavy atom. The standard InChI is InChI=1S/Bi.Fe.3Mo.12O/q2*+3;;;;;;;;;;6*-1. The topological polar surface area (TPSA) is 241 Å². The van der Waals surface area contributed by atoms with E-state index in [1.165, 1.54) is 0 Å². The second kappa shape index (κ2) is 13.0.